The maximum absolute atomic E-state index is 12.6. The van der Waals surface area contributed by atoms with Crippen molar-refractivity contribution in [1.29, 1.82) is 0 Å². The Bertz CT molecular complexity index is 833. The molecule has 0 radical (unpaired) electrons. The monoisotopic (exact) mass is 368 g/mol. The number of nitrogens with two attached hydrogens (primary N) is 1. The van der Waals surface area contributed by atoms with Gasteiger partial charge in [0.2, 0.25) is 10.0 Å². The Labute approximate surface area is 144 Å². The van der Waals surface area contributed by atoms with E-state index in [0.717, 1.165) is 36.3 Å². The van der Waals surface area contributed by atoms with Crippen LogP contribution in [-0.4, -0.2) is 42.5 Å². The lowest BCUT2D eigenvalue weighted by atomic mass is 9.91. The molecule has 7 nitrogen and oxygen atoms in total. The first-order chi connectivity index (χ1) is 11.4. The number of nitrogens with zero attached hydrogens (tertiary/aromatic N) is 2. The average molecular weight is 368 g/mol. The summed E-state index contributed by atoms with van der Waals surface area (Å²) >= 11 is 1.12. The lowest BCUT2D eigenvalue weighted by Gasteiger charge is -2.31. The van der Waals surface area contributed by atoms with Gasteiger partial charge in [0.25, 0.3) is 5.91 Å². The second kappa shape index (κ2) is 6.66. The fourth-order valence-corrected chi connectivity index (χ4v) is 5.09. The minimum absolute atomic E-state index is 0.0820. The van der Waals surface area contributed by atoms with E-state index in [1.807, 2.05) is 6.20 Å². The Kier molecular flexibility index (Phi) is 4.75. The van der Waals surface area contributed by atoms with Crippen LogP contribution < -0.4 is 5.14 Å². The maximum Gasteiger partial charge on any atom is 0.265 e. The molecule has 0 aliphatic carbocycles. The molecule has 130 valence electrons. The van der Waals surface area contributed by atoms with Gasteiger partial charge in [-0.05, 0) is 36.3 Å². The van der Waals surface area contributed by atoms with E-state index in [-0.39, 0.29) is 15.7 Å². The van der Waals surface area contributed by atoms with Crippen molar-refractivity contribution in [2.75, 3.05) is 13.1 Å². The first-order valence-electron chi connectivity index (χ1n) is 7.83. The number of aromatic amines is 1. The molecule has 1 amide bonds. The summed E-state index contributed by atoms with van der Waals surface area (Å²) in [5.74, 6) is 0.0975. The molecule has 0 saturated carbocycles. The van der Waals surface area contributed by atoms with Gasteiger partial charge in [-0.2, -0.15) is 5.10 Å². The molecular formula is C15H20N4O3S2. The number of carbonyl (C=O) groups excluding carboxylic acids is 1. The van der Waals surface area contributed by atoms with E-state index in [0.29, 0.717) is 19.0 Å². The molecule has 0 bridgehead atoms. The molecule has 2 aromatic heterocycles. The SMILES string of the molecule is CCc1cn[nH]c1C1CCN(C(=O)c2sccc2S(N)(=O)=O)CC1. The van der Waals surface area contributed by atoms with Gasteiger partial charge in [-0.3, -0.25) is 9.89 Å². The molecule has 3 heterocycles. The van der Waals surface area contributed by atoms with Gasteiger partial charge < -0.3 is 4.90 Å². The number of carbonyl (C=O) groups is 1. The highest BCUT2D eigenvalue weighted by Gasteiger charge is 2.29. The third-order valence-electron chi connectivity index (χ3n) is 4.45. The minimum Gasteiger partial charge on any atom is -0.338 e. The molecule has 0 spiro atoms. The Morgan fingerprint density at radius 2 is 2.17 bits per heavy atom. The van der Waals surface area contributed by atoms with Crippen LogP contribution >= 0.6 is 11.3 Å². The first-order valence-corrected chi connectivity index (χ1v) is 10.3. The number of nitrogens with one attached hydrogen (secondary N) is 1. The zero-order valence-electron chi connectivity index (χ0n) is 13.4. The van der Waals surface area contributed by atoms with Gasteiger partial charge in [0.05, 0.1) is 6.20 Å². The van der Waals surface area contributed by atoms with E-state index in [1.54, 1.807) is 10.3 Å². The third-order valence-corrected chi connectivity index (χ3v) is 6.44. The number of amides is 1. The number of sulfonamides is 1. The van der Waals surface area contributed by atoms with Crippen LogP contribution in [0.2, 0.25) is 0 Å². The molecule has 9 heteroatoms. The van der Waals surface area contributed by atoms with Crippen molar-refractivity contribution in [1.82, 2.24) is 15.1 Å². The van der Waals surface area contributed by atoms with Crippen LogP contribution in [0.25, 0.3) is 0 Å². The summed E-state index contributed by atoms with van der Waals surface area (Å²) in [5, 5.41) is 14.0. The summed E-state index contributed by atoms with van der Waals surface area (Å²) in [6.07, 6.45) is 4.45. The molecule has 1 fully saturated rings. The standard InChI is InChI=1S/C15H20N4O3S2/c1-2-10-9-17-18-13(10)11-3-6-19(7-4-11)15(20)14-12(5-8-23-14)24(16,21)22/h5,8-9,11H,2-4,6-7H2,1H3,(H,17,18)(H2,16,21,22). The molecule has 0 atom stereocenters. The predicted octanol–water partition coefficient (Wildman–Crippen LogP) is 1.70. The van der Waals surface area contributed by atoms with Crippen molar-refractivity contribution in [3.63, 3.8) is 0 Å². The van der Waals surface area contributed by atoms with Gasteiger partial charge in [0.1, 0.15) is 9.77 Å². The van der Waals surface area contributed by atoms with E-state index in [1.165, 1.54) is 11.6 Å². The highest BCUT2D eigenvalue weighted by molar-refractivity contribution is 7.89. The van der Waals surface area contributed by atoms with Gasteiger partial charge in [0.15, 0.2) is 0 Å². The van der Waals surface area contributed by atoms with Crippen LogP contribution in [0.4, 0.5) is 0 Å². The van der Waals surface area contributed by atoms with Crippen molar-refractivity contribution in [3.8, 4) is 0 Å². The number of hydrogen-bond donors (Lipinski definition) is 2. The third kappa shape index (κ3) is 3.24. The quantitative estimate of drug-likeness (QED) is 0.856. The van der Waals surface area contributed by atoms with Gasteiger partial charge in [0, 0.05) is 24.7 Å². The number of likely N-dealkylation sites (tertiary alicyclic amines) is 1. The van der Waals surface area contributed by atoms with Crippen LogP contribution in [0, 0.1) is 0 Å². The number of thiophene rings is 1. The highest BCUT2D eigenvalue weighted by Crippen LogP contribution is 2.31. The van der Waals surface area contributed by atoms with Crippen molar-refractivity contribution in [2.24, 2.45) is 5.14 Å². The molecule has 1 aliphatic rings. The molecule has 2 aromatic rings. The van der Waals surface area contributed by atoms with E-state index in [4.69, 9.17) is 5.14 Å². The lowest BCUT2D eigenvalue weighted by Crippen LogP contribution is -2.38. The zero-order valence-corrected chi connectivity index (χ0v) is 15.0. The topological polar surface area (TPSA) is 109 Å². The first kappa shape index (κ1) is 17.1. The van der Waals surface area contributed by atoms with Gasteiger partial charge in [-0.1, -0.05) is 6.92 Å². The molecule has 3 rings (SSSR count). The summed E-state index contributed by atoms with van der Waals surface area (Å²) in [6, 6.07) is 1.39. The van der Waals surface area contributed by atoms with E-state index < -0.39 is 10.0 Å². The summed E-state index contributed by atoms with van der Waals surface area (Å²) < 4.78 is 23.2. The largest absolute Gasteiger partial charge is 0.338 e. The Hall–Kier alpha value is -1.71. The normalized spacial score (nSPS) is 16.5. The summed E-state index contributed by atoms with van der Waals surface area (Å²) in [6.45, 7) is 3.28. The van der Waals surface area contributed by atoms with Gasteiger partial charge in [-0.25, -0.2) is 13.6 Å². The molecule has 0 aromatic carbocycles. The molecule has 1 aliphatic heterocycles. The average Bonchev–Trinajstić information content (AvgIpc) is 3.22. The zero-order chi connectivity index (χ0) is 17.3. The molecule has 24 heavy (non-hydrogen) atoms. The van der Waals surface area contributed by atoms with Crippen molar-refractivity contribution < 1.29 is 13.2 Å². The number of piperidine rings is 1. The van der Waals surface area contributed by atoms with Crippen LogP contribution in [0.15, 0.2) is 22.5 Å². The number of aromatic nitrogens is 2. The van der Waals surface area contributed by atoms with Crippen molar-refractivity contribution >= 4 is 27.3 Å². The summed E-state index contributed by atoms with van der Waals surface area (Å²) in [7, 11) is -3.88. The van der Waals surface area contributed by atoms with Gasteiger partial charge >= 0.3 is 0 Å². The molecule has 0 unspecified atom stereocenters. The van der Waals surface area contributed by atoms with Crippen molar-refractivity contribution in [2.45, 2.75) is 37.0 Å². The van der Waals surface area contributed by atoms with E-state index >= 15 is 0 Å². The summed E-state index contributed by atoms with van der Waals surface area (Å²) in [5.41, 5.74) is 2.38. The second-order valence-corrected chi connectivity index (χ2v) is 8.33. The minimum atomic E-state index is -3.88. The predicted molar refractivity (Wildman–Crippen MR) is 91.5 cm³/mol. The molecule has 1 saturated heterocycles. The lowest BCUT2D eigenvalue weighted by molar-refractivity contribution is 0.0713. The van der Waals surface area contributed by atoms with E-state index in [2.05, 4.69) is 17.1 Å². The number of aryl methyl sites for hydroxylation is 1. The second-order valence-electron chi connectivity index (χ2n) is 5.89. The fraction of sp³-hybridized carbons (Fsp3) is 0.467. The smallest absolute Gasteiger partial charge is 0.265 e. The highest BCUT2D eigenvalue weighted by atomic mass is 32.2. The van der Waals surface area contributed by atoms with Gasteiger partial charge in [-0.15, -0.1) is 11.3 Å². The van der Waals surface area contributed by atoms with Crippen LogP contribution in [0.1, 0.15) is 46.6 Å². The number of primary sulfonamides is 1. The van der Waals surface area contributed by atoms with Crippen molar-refractivity contribution in [3.05, 3.63) is 33.8 Å². The Morgan fingerprint density at radius 1 is 1.46 bits per heavy atom. The molecule has 3 N–H and O–H groups in total. The molecular weight excluding hydrogens is 348 g/mol. The fourth-order valence-electron chi connectivity index (χ4n) is 3.15. The van der Waals surface area contributed by atoms with Crippen LogP contribution in [-0.2, 0) is 16.4 Å². The number of H-pyrrole nitrogens is 1. The van der Waals surface area contributed by atoms with Crippen LogP contribution in [0.5, 0.6) is 0 Å². The Balaban J connectivity index is 1.71. The number of rotatable bonds is 4. The maximum atomic E-state index is 12.6. The van der Waals surface area contributed by atoms with Crippen LogP contribution in [0.3, 0.4) is 0 Å². The Morgan fingerprint density at radius 3 is 2.79 bits per heavy atom. The summed E-state index contributed by atoms with van der Waals surface area (Å²) in [4.78, 5) is 14.5. The number of hydrogen-bond acceptors (Lipinski definition) is 5. The van der Waals surface area contributed by atoms with E-state index in [9.17, 15) is 13.2 Å².